The molecule has 0 spiro atoms. The van der Waals surface area contributed by atoms with Crippen molar-refractivity contribution in [3.8, 4) is 5.75 Å². The zero-order valence-corrected chi connectivity index (χ0v) is 18.5. The van der Waals surface area contributed by atoms with Crippen LogP contribution in [0.3, 0.4) is 0 Å². The first kappa shape index (κ1) is 23.7. The number of aliphatic carboxylic acids is 1. The predicted octanol–water partition coefficient (Wildman–Crippen LogP) is 5.64. The summed E-state index contributed by atoms with van der Waals surface area (Å²) in [5.41, 5.74) is 2.55. The number of carboxylic acids is 1. The van der Waals surface area contributed by atoms with E-state index in [-0.39, 0.29) is 12.7 Å². The lowest BCUT2D eigenvalue weighted by Crippen LogP contribution is -2.26. The second-order valence-electron chi connectivity index (χ2n) is 8.47. The molecular formula is C25H40O4. The molecule has 4 nitrogen and oxygen atoms in total. The van der Waals surface area contributed by atoms with Gasteiger partial charge in [-0.1, -0.05) is 52.2 Å². The number of carbonyl (C=O) groups is 1. The van der Waals surface area contributed by atoms with Crippen molar-refractivity contribution in [3.63, 3.8) is 0 Å². The number of rotatable bonds is 10. The third-order valence-corrected chi connectivity index (χ3v) is 6.63. The number of unbranched alkanes of at least 4 members (excludes halogenated alkanes) is 2. The van der Waals surface area contributed by atoms with E-state index in [4.69, 9.17) is 9.84 Å². The lowest BCUT2D eigenvalue weighted by atomic mass is 9.73. The first-order chi connectivity index (χ1) is 14.1. The Bertz CT molecular complexity index is 627. The molecule has 164 valence electrons. The predicted molar refractivity (Wildman–Crippen MR) is 117 cm³/mol. The maximum absolute atomic E-state index is 10.8. The lowest BCUT2D eigenvalue weighted by molar-refractivity contribution is -0.139. The van der Waals surface area contributed by atoms with E-state index in [0.717, 1.165) is 44.3 Å². The van der Waals surface area contributed by atoms with Crippen molar-refractivity contribution in [3.05, 3.63) is 29.3 Å². The maximum Gasteiger partial charge on any atom is 0.341 e. The van der Waals surface area contributed by atoms with E-state index in [1.165, 1.54) is 36.8 Å². The van der Waals surface area contributed by atoms with Gasteiger partial charge in [-0.05, 0) is 79.9 Å². The Hall–Kier alpha value is -1.55. The summed E-state index contributed by atoms with van der Waals surface area (Å²) in [7, 11) is 0. The number of aliphatic hydroxyl groups excluding tert-OH is 1. The lowest BCUT2D eigenvalue weighted by Gasteiger charge is -2.32. The highest BCUT2D eigenvalue weighted by Crippen LogP contribution is 2.48. The summed E-state index contributed by atoms with van der Waals surface area (Å²) in [4.78, 5) is 10.8. The SMILES string of the molecule is CC.CCCCCC(O)CC[C@H]1CC[C@@H]2Cc3c(cccc3OCC(=O)O)C[C@H]12. The largest absolute Gasteiger partial charge is 0.482 e. The molecule has 29 heavy (non-hydrogen) atoms. The van der Waals surface area contributed by atoms with Crippen LogP contribution in [0.25, 0.3) is 0 Å². The van der Waals surface area contributed by atoms with Gasteiger partial charge in [0.05, 0.1) is 6.10 Å². The summed E-state index contributed by atoms with van der Waals surface area (Å²) in [6.07, 6.45) is 11.0. The number of aliphatic hydroxyl groups is 1. The molecule has 0 heterocycles. The van der Waals surface area contributed by atoms with Gasteiger partial charge in [0.2, 0.25) is 0 Å². The molecule has 1 saturated carbocycles. The molecule has 0 saturated heterocycles. The number of hydrogen-bond acceptors (Lipinski definition) is 3. The minimum atomic E-state index is -0.931. The van der Waals surface area contributed by atoms with Crippen molar-refractivity contribution in [2.24, 2.45) is 17.8 Å². The van der Waals surface area contributed by atoms with Crippen molar-refractivity contribution in [1.29, 1.82) is 0 Å². The summed E-state index contributed by atoms with van der Waals surface area (Å²) < 4.78 is 5.53. The topological polar surface area (TPSA) is 66.8 Å². The van der Waals surface area contributed by atoms with Crippen molar-refractivity contribution < 1.29 is 19.7 Å². The summed E-state index contributed by atoms with van der Waals surface area (Å²) in [5.74, 6) is 1.92. The molecule has 0 aliphatic heterocycles. The van der Waals surface area contributed by atoms with E-state index < -0.39 is 5.97 Å². The summed E-state index contributed by atoms with van der Waals surface area (Å²) in [6, 6.07) is 6.06. The molecule has 4 heteroatoms. The molecule has 2 aliphatic carbocycles. The second kappa shape index (κ2) is 12.2. The third-order valence-electron chi connectivity index (χ3n) is 6.63. The van der Waals surface area contributed by atoms with E-state index in [9.17, 15) is 9.90 Å². The number of ether oxygens (including phenoxy) is 1. The first-order valence-electron chi connectivity index (χ1n) is 11.7. The van der Waals surface area contributed by atoms with Gasteiger partial charge >= 0.3 is 5.97 Å². The molecule has 0 amide bonds. The molecule has 1 unspecified atom stereocenters. The fraction of sp³-hybridized carbons (Fsp3) is 0.720. The molecule has 0 radical (unpaired) electrons. The average molecular weight is 405 g/mol. The van der Waals surface area contributed by atoms with Crippen LogP contribution < -0.4 is 4.74 Å². The first-order valence-corrected chi connectivity index (χ1v) is 11.7. The van der Waals surface area contributed by atoms with Crippen LogP contribution in [0.2, 0.25) is 0 Å². The highest BCUT2D eigenvalue weighted by Gasteiger charge is 2.39. The normalized spacial score (nSPS) is 23.4. The van der Waals surface area contributed by atoms with Crippen LogP contribution in [0.4, 0.5) is 0 Å². The minimum absolute atomic E-state index is 0.137. The molecule has 1 fully saturated rings. The van der Waals surface area contributed by atoms with Crippen LogP contribution in [-0.4, -0.2) is 28.9 Å². The Morgan fingerprint density at radius 2 is 1.97 bits per heavy atom. The summed E-state index contributed by atoms with van der Waals surface area (Å²) >= 11 is 0. The van der Waals surface area contributed by atoms with Crippen molar-refractivity contribution in [2.75, 3.05) is 6.61 Å². The highest BCUT2D eigenvalue weighted by molar-refractivity contribution is 5.68. The Morgan fingerprint density at radius 3 is 2.69 bits per heavy atom. The Balaban J connectivity index is 0.00000145. The second-order valence-corrected chi connectivity index (χ2v) is 8.47. The minimum Gasteiger partial charge on any atom is -0.482 e. The fourth-order valence-corrected chi connectivity index (χ4v) is 5.19. The van der Waals surface area contributed by atoms with Gasteiger partial charge in [0, 0.05) is 0 Å². The van der Waals surface area contributed by atoms with Crippen molar-refractivity contribution >= 4 is 5.97 Å². The van der Waals surface area contributed by atoms with E-state index in [1.807, 2.05) is 26.0 Å². The van der Waals surface area contributed by atoms with E-state index in [2.05, 4.69) is 13.0 Å². The van der Waals surface area contributed by atoms with Crippen LogP contribution in [-0.2, 0) is 17.6 Å². The number of fused-ring (bicyclic) bond motifs is 2. The molecule has 1 aromatic rings. The summed E-state index contributed by atoms with van der Waals surface area (Å²) in [6.45, 7) is 5.92. The number of hydrogen-bond donors (Lipinski definition) is 2. The van der Waals surface area contributed by atoms with E-state index in [0.29, 0.717) is 17.8 Å². The van der Waals surface area contributed by atoms with Gasteiger partial charge in [0.25, 0.3) is 0 Å². The quantitative estimate of drug-likeness (QED) is 0.495. The van der Waals surface area contributed by atoms with Crippen molar-refractivity contribution in [1.82, 2.24) is 0 Å². The molecule has 1 aromatic carbocycles. The molecular weight excluding hydrogens is 364 g/mol. The van der Waals surface area contributed by atoms with Crippen LogP contribution in [0.5, 0.6) is 5.75 Å². The van der Waals surface area contributed by atoms with Crippen LogP contribution in [0.1, 0.15) is 83.3 Å². The zero-order chi connectivity index (χ0) is 21.2. The average Bonchev–Trinajstić information content (AvgIpc) is 3.12. The maximum atomic E-state index is 10.8. The van der Waals surface area contributed by atoms with Crippen LogP contribution >= 0.6 is 0 Å². The molecule has 2 N–H and O–H groups in total. The molecule has 0 bridgehead atoms. The van der Waals surface area contributed by atoms with Crippen LogP contribution in [0, 0.1) is 17.8 Å². The zero-order valence-electron chi connectivity index (χ0n) is 18.5. The smallest absolute Gasteiger partial charge is 0.341 e. The van der Waals surface area contributed by atoms with Gasteiger partial charge in [-0.3, -0.25) is 0 Å². The van der Waals surface area contributed by atoms with Crippen molar-refractivity contribution in [2.45, 2.75) is 91.1 Å². The van der Waals surface area contributed by atoms with Gasteiger partial charge in [-0.2, -0.15) is 0 Å². The molecule has 3 rings (SSSR count). The fourth-order valence-electron chi connectivity index (χ4n) is 5.19. The van der Waals surface area contributed by atoms with Gasteiger partial charge in [-0.15, -0.1) is 0 Å². The van der Waals surface area contributed by atoms with Gasteiger partial charge < -0.3 is 14.9 Å². The van der Waals surface area contributed by atoms with Gasteiger partial charge in [-0.25, -0.2) is 4.79 Å². The van der Waals surface area contributed by atoms with Gasteiger partial charge in [0.1, 0.15) is 5.75 Å². The Kier molecular flexibility index (Phi) is 9.99. The molecule has 2 aliphatic rings. The Labute approximate surface area is 176 Å². The number of benzene rings is 1. The Morgan fingerprint density at radius 1 is 1.17 bits per heavy atom. The summed E-state index contributed by atoms with van der Waals surface area (Å²) in [5, 5.41) is 19.2. The van der Waals surface area contributed by atoms with E-state index in [1.54, 1.807) is 0 Å². The molecule has 4 atom stereocenters. The van der Waals surface area contributed by atoms with Crippen LogP contribution in [0.15, 0.2) is 18.2 Å². The highest BCUT2D eigenvalue weighted by atomic mass is 16.5. The number of carboxylic acid groups (broad SMARTS) is 1. The third kappa shape index (κ3) is 6.74. The van der Waals surface area contributed by atoms with Gasteiger partial charge in [0.15, 0.2) is 6.61 Å². The molecule has 0 aromatic heterocycles. The van der Waals surface area contributed by atoms with E-state index >= 15 is 0 Å². The standard InChI is InChI=1S/C23H34O4.C2H6/c1-2-3-4-7-19(24)12-11-16-9-10-18-14-21-17(13-20(16)18)6-5-8-22(21)27-15-23(25)26;1-2/h5-6,8,16,18-20,24H,2-4,7,9-15H2,1H3,(H,25,26);1-2H3/t16-,18-,19?,20-;/m1./s1. The monoisotopic (exact) mass is 404 g/mol.